The molecule has 0 radical (unpaired) electrons. The summed E-state index contributed by atoms with van der Waals surface area (Å²) in [7, 11) is -0.441. The lowest BCUT2D eigenvalue weighted by Crippen LogP contribution is -2.62. The highest BCUT2D eigenvalue weighted by atomic mass is 35.5. The second kappa shape index (κ2) is 44.0. The summed E-state index contributed by atoms with van der Waals surface area (Å²) in [4.78, 5) is 230. The molecule has 4 fully saturated rings. The van der Waals surface area contributed by atoms with Gasteiger partial charge >= 0.3 is 0 Å². The van der Waals surface area contributed by atoms with Gasteiger partial charge < -0.3 is 81.9 Å². The summed E-state index contributed by atoms with van der Waals surface area (Å²) in [5.74, 6) is -17.9. The average Bonchev–Trinajstić information content (AvgIpc) is 1.79. The third-order valence-electron chi connectivity index (χ3n) is 21.8. The minimum Gasteiger partial charge on any atom is -0.394 e. The Morgan fingerprint density at radius 1 is 0.598 bits per heavy atom. The van der Waals surface area contributed by atoms with Crippen LogP contribution in [0.4, 0.5) is 0 Å². The number of amides is 14. The number of carbonyl (C=O) groups is 15. The van der Waals surface area contributed by atoms with Gasteiger partial charge in [-0.25, -0.2) is 16.8 Å². The van der Waals surface area contributed by atoms with E-state index in [0.29, 0.717) is 30.5 Å². The fraction of sp³-hybridized carbons (Fsp3) is 0.658. The van der Waals surface area contributed by atoms with E-state index in [0.717, 1.165) is 32.1 Å². The minimum absolute atomic E-state index is 0.000101. The number of Topliss-reactive ketones (excluding diaryl/α,β-unsaturated/α-hetero) is 1. The van der Waals surface area contributed by atoms with Crippen molar-refractivity contribution in [2.75, 3.05) is 105 Å². The van der Waals surface area contributed by atoms with E-state index in [1.54, 1.807) is 95.2 Å². The van der Waals surface area contributed by atoms with Crippen molar-refractivity contribution in [1.29, 1.82) is 0 Å². The number of sulfone groups is 2. The van der Waals surface area contributed by atoms with Gasteiger partial charge in [-0.15, -0.1) is 0 Å². The van der Waals surface area contributed by atoms with Crippen molar-refractivity contribution in [3.8, 4) is 0 Å². The quantitative estimate of drug-likeness (QED) is 0.0577. The van der Waals surface area contributed by atoms with Crippen molar-refractivity contribution >= 4 is 120 Å². The van der Waals surface area contributed by atoms with Crippen molar-refractivity contribution < 1.29 is 93.9 Å². The normalized spacial score (nSPS) is 25.4. The lowest BCUT2D eigenvalue weighted by molar-refractivity contribution is -0.149. The van der Waals surface area contributed by atoms with E-state index in [1.807, 2.05) is 0 Å². The van der Waals surface area contributed by atoms with Crippen LogP contribution in [0.3, 0.4) is 0 Å². The first kappa shape index (κ1) is 96.6. The van der Waals surface area contributed by atoms with Gasteiger partial charge in [-0.1, -0.05) is 109 Å². The summed E-state index contributed by atoms with van der Waals surface area (Å²) < 4.78 is 52.1. The van der Waals surface area contributed by atoms with Crippen molar-refractivity contribution in [3.63, 3.8) is 0 Å². The van der Waals surface area contributed by atoms with Gasteiger partial charge in [-0.2, -0.15) is 0 Å². The Morgan fingerprint density at radius 3 is 1.69 bits per heavy atom. The van der Waals surface area contributed by atoms with E-state index < -0.39 is 255 Å². The number of halogens is 1. The molecule has 35 nitrogen and oxygen atoms in total. The number of likely N-dealkylation sites (N-methyl/N-ethyl adjacent to an activating group) is 4. The summed E-state index contributed by atoms with van der Waals surface area (Å²) in [5, 5.41) is 31.4. The molecule has 6 rings (SSSR count). The van der Waals surface area contributed by atoms with Crippen LogP contribution in [0.2, 0.25) is 5.02 Å². The molecule has 0 unspecified atom stereocenters. The number of carbonyl (C=O) groups excluding carboxylic acids is 15. The van der Waals surface area contributed by atoms with Gasteiger partial charge in [0.05, 0.1) is 24.7 Å². The fourth-order valence-electron chi connectivity index (χ4n) is 14.8. The molecule has 4 aliphatic rings. The molecule has 2 aromatic carbocycles. The molecule has 0 saturated carbocycles. The first-order valence-corrected chi connectivity index (χ1v) is 44.4. The molecule has 0 aliphatic carbocycles. The van der Waals surface area contributed by atoms with E-state index in [4.69, 9.17) is 11.6 Å². The van der Waals surface area contributed by atoms with Gasteiger partial charge in [0, 0.05) is 103 Å². The van der Waals surface area contributed by atoms with Gasteiger partial charge in [0.2, 0.25) is 82.7 Å². The summed E-state index contributed by atoms with van der Waals surface area (Å²) in [6.45, 7) is 10.1. The molecular weight excluding hydrogens is 1580 g/mol. The minimum atomic E-state index is -3.99. The molecule has 0 aromatic heterocycles. The van der Waals surface area contributed by atoms with Crippen LogP contribution in [0.1, 0.15) is 130 Å². The van der Waals surface area contributed by atoms with Crippen molar-refractivity contribution in [1.82, 2.24) is 76.8 Å². The van der Waals surface area contributed by atoms with E-state index in [1.165, 1.54) is 57.8 Å². The van der Waals surface area contributed by atoms with Crippen molar-refractivity contribution in [3.05, 3.63) is 70.7 Å². The highest BCUT2D eigenvalue weighted by molar-refractivity contribution is 7.90. The zero-order chi connectivity index (χ0) is 87.2. The van der Waals surface area contributed by atoms with Gasteiger partial charge in [0.25, 0.3) is 0 Å². The number of ketones is 1. The molecule has 14 atom stereocenters. The van der Waals surface area contributed by atoms with Crippen LogP contribution in [0.5, 0.6) is 0 Å². The maximum atomic E-state index is 15.4. The standard InChI is InChI=1S/C79H120ClN15O20S2/c1-15-48(6)66-79(111)92(12)61(41-50-23-17-16-18-24-50)70(102)84-55(31-38-117(14,114)115)75(107)95-35-22-29-60(95)78(110)91(11)62(42-51-25-19-26-52(80)40-51)71(103)87-64(46(2)3)72(104)83-54(30-37-116(13,112)113)68(100)85-56(43-53(97)39-49(7)74(106)93-33-20-27-58(93)69(101)86-65(47(4)5)73(105)88-66)76(108)94-34-21-28-59(94)77(109)90(10)44-63(98)82-57(45-96)67(99)81-32-36-89(8)9/h16-19,23-26,40,46-49,54-62,64-66,96H,15,20-22,27-39,41-45H2,1-14H3,(H,81,99)(H,82,98)(H,83,104)(H,84,102)(H,85,100)(H,86,101)(H,87,103)(H,88,105)/t48-,49+,54-,55-,56-,57-,58-,59-,60-,61-,62-,64-,65-,66-/m0/s1. The smallest absolute Gasteiger partial charge is 0.246 e. The molecule has 38 heteroatoms. The summed E-state index contributed by atoms with van der Waals surface area (Å²) >= 11 is 6.48. The van der Waals surface area contributed by atoms with Crippen LogP contribution in [0, 0.1) is 23.7 Å². The number of aliphatic hydroxyl groups excluding tert-OH is 1. The number of aliphatic hydroxyl groups is 1. The van der Waals surface area contributed by atoms with Gasteiger partial charge in [-0.05, 0) is 106 Å². The van der Waals surface area contributed by atoms with Crippen LogP contribution in [0.25, 0.3) is 0 Å². The molecule has 4 aliphatic heterocycles. The Hall–Kier alpha value is -9.20. The molecule has 2 aromatic rings. The number of nitrogens with zero attached hydrogens (tertiary/aromatic N) is 7. The predicted octanol–water partition coefficient (Wildman–Crippen LogP) is -1.50. The monoisotopic (exact) mass is 1700 g/mol. The SMILES string of the molecule is CC[C@H](C)[C@@H]1NC(=O)[C@H](C(C)C)NC(=O)[C@@H]2CCCN2C(=O)[C@H](C)CC(=O)C[C@@H](C(=O)N2CCC[C@H]2C(=O)N(C)CC(=O)N[C@@H](CO)C(=O)NCCN(C)C)NC(=O)[C@H](CCS(C)(=O)=O)NC(=O)[C@H](C(C)C)NC(=O)[C@H](Cc2cccc(Cl)c2)N(C)C(=O)[C@@H]2CCCN2C(=O)[C@H](CCS(C)(=O)=O)NC(=O)[C@H](Cc2ccccc2)N(C)C1=O. The highest BCUT2D eigenvalue weighted by Gasteiger charge is 2.47. The number of likely N-dealkylation sites (tertiary alicyclic amines) is 1. The third-order valence-corrected chi connectivity index (χ3v) is 24.0. The number of benzene rings is 2. The second-order valence-corrected chi connectivity index (χ2v) is 37.3. The molecule has 4 heterocycles. The lowest BCUT2D eigenvalue weighted by Gasteiger charge is -2.36. The molecule has 0 bridgehead atoms. The molecule has 650 valence electrons. The van der Waals surface area contributed by atoms with E-state index >= 15 is 38.4 Å². The van der Waals surface area contributed by atoms with Crippen LogP contribution < -0.4 is 42.5 Å². The topological polar surface area (TPSA) is 463 Å². The zero-order valence-electron chi connectivity index (χ0n) is 69.5. The van der Waals surface area contributed by atoms with Crippen LogP contribution in [0.15, 0.2) is 54.6 Å². The molecule has 0 spiro atoms. The first-order valence-electron chi connectivity index (χ1n) is 39.9. The Morgan fingerprint density at radius 2 is 1.12 bits per heavy atom. The number of hydrogen-bond donors (Lipinski definition) is 9. The molecule has 14 amide bonds. The van der Waals surface area contributed by atoms with E-state index in [9.17, 15) is 55.5 Å². The summed E-state index contributed by atoms with van der Waals surface area (Å²) in [5.41, 5.74) is 0.964. The van der Waals surface area contributed by atoms with Crippen LogP contribution in [-0.2, 0) is 104 Å². The van der Waals surface area contributed by atoms with Crippen molar-refractivity contribution in [2.45, 2.75) is 204 Å². The zero-order valence-corrected chi connectivity index (χ0v) is 71.9. The Bertz CT molecular complexity index is 4160. The summed E-state index contributed by atoms with van der Waals surface area (Å²) in [6.07, 6.45) is -0.308. The van der Waals surface area contributed by atoms with Crippen LogP contribution in [-0.4, -0.2) is 322 Å². The molecule has 4 saturated heterocycles. The maximum Gasteiger partial charge on any atom is 0.246 e. The van der Waals surface area contributed by atoms with Crippen LogP contribution >= 0.6 is 11.6 Å². The Kier molecular flexibility index (Phi) is 36.4. The second-order valence-electron chi connectivity index (χ2n) is 32.3. The predicted molar refractivity (Wildman–Crippen MR) is 434 cm³/mol. The molecule has 9 N–H and O–H groups in total. The molecule has 117 heavy (non-hydrogen) atoms. The summed E-state index contributed by atoms with van der Waals surface area (Å²) in [6, 6.07) is -3.34. The van der Waals surface area contributed by atoms with Gasteiger partial charge in [0.1, 0.15) is 98.0 Å². The highest BCUT2D eigenvalue weighted by Crippen LogP contribution is 2.28. The third kappa shape index (κ3) is 28.0. The lowest BCUT2D eigenvalue weighted by atomic mass is 9.94. The number of nitrogens with one attached hydrogen (secondary N) is 8. The fourth-order valence-corrected chi connectivity index (χ4v) is 16.3. The Labute approximate surface area is 690 Å². The van der Waals surface area contributed by atoms with Gasteiger partial charge in [-0.3, -0.25) is 71.9 Å². The molecular formula is C79H120ClN15O20S2. The average molecular weight is 1700 g/mol. The largest absolute Gasteiger partial charge is 0.394 e. The number of fused-ring (bicyclic) bond motifs is 2. The Balaban J connectivity index is 1.46. The number of hydrogen-bond acceptors (Lipinski definition) is 21. The van der Waals surface area contributed by atoms with Gasteiger partial charge in [0.15, 0.2) is 0 Å². The first-order chi connectivity index (χ1) is 54.9. The number of rotatable bonds is 24. The maximum absolute atomic E-state index is 15.4. The van der Waals surface area contributed by atoms with Crippen molar-refractivity contribution in [2.24, 2.45) is 23.7 Å². The van der Waals surface area contributed by atoms with E-state index in [2.05, 4.69) is 42.5 Å². The van der Waals surface area contributed by atoms with E-state index in [-0.39, 0.29) is 76.1 Å².